The van der Waals surface area contributed by atoms with Gasteiger partial charge in [-0.05, 0) is 13.3 Å². The van der Waals surface area contributed by atoms with E-state index in [2.05, 4.69) is 15.9 Å². The first-order chi connectivity index (χ1) is 4.65. The molecule has 2 unspecified atom stereocenters. The van der Waals surface area contributed by atoms with E-state index in [9.17, 15) is 5.11 Å². The van der Waals surface area contributed by atoms with Crippen LogP contribution in [-0.4, -0.2) is 15.5 Å². The zero-order valence-corrected chi connectivity index (χ0v) is 7.51. The van der Waals surface area contributed by atoms with E-state index in [1.54, 1.807) is 6.92 Å². The lowest BCUT2D eigenvalue weighted by Gasteiger charge is -2.27. The number of aliphatic hydroxyl groups excluding tert-OH is 1. The summed E-state index contributed by atoms with van der Waals surface area (Å²) in [7, 11) is 0. The van der Waals surface area contributed by atoms with Crippen molar-refractivity contribution in [2.45, 2.75) is 23.8 Å². The van der Waals surface area contributed by atoms with Crippen molar-refractivity contribution >= 4 is 15.9 Å². The van der Waals surface area contributed by atoms with Crippen molar-refractivity contribution in [1.82, 2.24) is 0 Å². The summed E-state index contributed by atoms with van der Waals surface area (Å²) < 4.78 is -0.220. The van der Waals surface area contributed by atoms with Gasteiger partial charge in [0.2, 0.25) is 0 Å². The maximum Gasteiger partial charge on any atom is 0.0730 e. The normalized spacial score (nSPS) is 34.3. The monoisotopic (exact) mass is 202 g/mol. The topological polar surface area (TPSA) is 20.2 Å². The number of hydrogen-bond acceptors (Lipinski definition) is 1. The molecule has 0 aliphatic heterocycles. The van der Waals surface area contributed by atoms with E-state index < -0.39 is 0 Å². The molecule has 0 radical (unpaired) electrons. The number of aliphatic hydroxyl groups is 1. The van der Waals surface area contributed by atoms with Gasteiger partial charge in [0.15, 0.2) is 0 Å². The number of allylic oxidation sites excluding steroid dienone is 3. The minimum atomic E-state index is -0.339. The van der Waals surface area contributed by atoms with E-state index >= 15 is 0 Å². The van der Waals surface area contributed by atoms with Crippen LogP contribution in [0.4, 0.5) is 0 Å². The summed E-state index contributed by atoms with van der Waals surface area (Å²) >= 11 is 3.47. The van der Waals surface area contributed by atoms with Crippen LogP contribution in [0.1, 0.15) is 13.3 Å². The van der Waals surface area contributed by atoms with Crippen LogP contribution in [0.15, 0.2) is 24.3 Å². The largest absolute Gasteiger partial charge is 0.392 e. The van der Waals surface area contributed by atoms with E-state index in [1.807, 2.05) is 24.3 Å². The van der Waals surface area contributed by atoms with Gasteiger partial charge < -0.3 is 5.11 Å². The average Bonchev–Trinajstić information content (AvgIpc) is 1.89. The van der Waals surface area contributed by atoms with E-state index in [0.717, 1.165) is 6.42 Å². The number of alkyl halides is 1. The van der Waals surface area contributed by atoms with Crippen LogP contribution in [0.5, 0.6) is 0 Å². The van der Waals surface area contributed by atoms with Gasteiger partial charge in [-0.1, -0.05) is 40.2 Å². The molecule has 1 N–H and O–H groups in total. The summed E-state index contributed by atoms with van der Waals surface area (Å²) in [4.78, 5) is 0. The lowest BCUT2D eigenvalue weighted by Crippen LogP contribution is -2.31. The number of rotatable bonds is 1. The van der Waals surface area contributed by atoms with Crippen molar-refractivity contribution in [3.8, 4) is 0 Å². The third-order valence-electron chi connectivity index (χ3n) is 1.75. The van der Waals surface area contributed by atoms with Crippen LogP contribution >= 0.6 is 15.9 Å². The Kier molecular flexibility index (Phi) is 2.32. The highest BCUT2D eigenvalue weighted by molar-refractivity contribution is 9.10. The lowest BCUT2D eigenvalue weighted by atomic mass is 9.96. The third kappa shape index (κ3) is 1.50. The van der Waals surface area contributed by atoms with Crippen molar-refractivity contribution in [1.29, 1.82) is 0 Å². The zero-order chi connectivity index (χ0) is 7.61. The highest BCUT2D eigenvalue weighted by Crippen LogP contribution is 2.31. The van der Waals surface area contributed by atoms with Crippen LogP contribution < -0.4 is 0 Å². The van der Waals surface area contributed by atoms with Gasteiger partial charge in [0.05, 0.1) is 10.4 Å². The fourth-order valence-corrected chi connectivity index (χ4v) is 1.26. The summed E-state index contributed by atoms with van der Waals surface area (Å²) in [5, 5.41) is 9.30. The molecule has 0 saturated heterocycles. The maximum atomic E-state index is 9.30. The standard InChI is InChI=1S/C8H11BrO/c1-7(10)8(9)5-3-2-4-6-8/h2-5,7,10H,6H2,1H3. The summed E-state index contributed by atoms with van der Waals surface area (Å²) in [6, 6.07) is 0. The van der Waals surface area contributed by atoms with Crippen LogP contribution in [0.2, 0.25) is 0 Å². The highest BCUT2D eigenvalue weighted by atomic mass is 79.9. The lowest BCUT2D eigenvalue weighted by molar-refractivity contribution is 0.168. The molecule has 1 aliphatic carbocycles. The molecule has 1 nitrogen and oxygen atoms in total. The summed E-state index contributed by atoms with van der Waals surface area (Å²) in [5.74, 6) is 0. The molecule has 1 aliphatic rings. The average molecular weight is 203 g/mol. The first-order valence-corrected chi connectivity index (χ1v) is 4.16. The molecular weight excluding hydrogens is 192 g/mol. The Balaban J connectivity index is 2.70. The van der Waals surface area contributed by atoms with Gasteiger partial charge in [0.1, 0.15) is 0 Å². The maximum absolute atomic E-state index is 9.30. The predicted octanol–water partition coefficient (Wildman–Crippen LogP) is 2.02. The van der Waals surface area contributed by atoms with E-state index in [-0.39, 0.29) is 10.4 Å². The van der Waals surface area contributed by atoms with Gasteiger partial charge >= 0.3 is 0 Å². The van der Waals surface area contributed by atoms with Crippen molar-refractivity contribution in [2.75, 3.05) is 0 Å². The van der Waals surface area contributed by atoms with Crippen molar-refractivity contribution in [3.63, 3.8) is 0 Å². The van der Waals surface area contributed by atoms with E-state index in [0.29, 0.717) is 0 Å². The quantitative estimate of drug-likeness (QED) is 0.646. The molecule has 0 aromatic carbocycles. The molecule has 0 aromatic rings. The minimum Gasteiger partial charge on any atom is -0.392 e. The Morgan fingerprint density at radius 2 is 2.30 bits per heavy atom. The Morgan fingerprint density at radius 1 is 1.60 bits per heavy atom. The molecular formula is C8H11BrO. The number of hydrogen-bond donors (Lipinski definition) is 1. The molecule has 0 amide bonds. The second kappa shape index (κ2) is 2.89. The van der Waals surface area contributed by atoms with Crippen LogP contribution in [0.3, 0.4) is 0 Å². The van der Waals surface area contributed by atoms with Gasteiger partial charge in [-0.3, -0.25) is 0 Å². The van der Waals surface area contributed by atoms with Gasteiger partial charge in [-0.15, -0.1) is 0 Å². The van der Waals surface area contributed by atoms with Gasteiger partial charge in [-0.2, -0.15) is 0 Å². The summed E-state index contributed by atoms with van der Waals surface area (Å²) in [6.45, 7) is 1.79. The first kappa shape index (κ1) is 8.02. The highest BCUT2D eigenvalue weighted by Gasteiger charge is 2.28. The van der Waals surface area contributed by atoms with Crippen molar-refractivity contribution < 1.29 is 5.11 Å². The fourth-order valence-electron chi connectivity index (χ4n) is 0.921. The number of halogens is 1. The second-order valence-electron chi connectivity index (χ2n) is 2.59. The first-order valence-electron chi connectivity index (χ1n) is 3.36. The molecule has 0 aromatic heterocycles. The molecule has 2 atom stereocenters. The minimum absolute atomic E-state index is 0.220. The molecule has 56 valence electrons. The van der Waals surface area contributed by atoms with Gasteiger partial charge in [0.25, 0.3) is 0 Å². The van der Waals surface area contributed by atoms with Crippen molar-refractivity contribution in [2.24, 2.45) is 0 Å². The Hall–Kier alpha value is -0.0800. The predicted molar refractivity (Wildman–Crippen MR) is 46.2 cm³/mol. The van der Waals surface area contributed by atoms with E-state index in [1.165, 1.54) is 0 Å². The van der Waals surface area contributed by atoms with Gasteiger partial charge in [-0.25, -0.2) is 0 Å². The van der Waals surface area contributed by atoms with Crippen LogP contribution in [0.25, 0.3) is 0 Å². The smallest absolute Gasteiger partial charge is 0.0730 e. The molecule has 1 rings (SSSR count). The second-order valence-corrected chi connectivity index (χ2v) is 4.07. The molecule has 0 bridgehead atoms. The van der Waals surface area contributed by atoms with Crippen LogP contribution in [0, 0.1) is 0 Å². The molecule has 0 fully saturated rings. The summed E-state index contributed by atoms with van der Waals surface area (Å²) in [5.41, 5.74) is 0. The van der Waals surface area contributed by atoms with Gasteiger partial charge in [0, 0.05) is 0 Å². The molecule has 0 spiro atoms. The van der Waals surface area contributed by atoms with E-state index in [4.69, 9.17) is 0 Å². The third-order valence-corrected chi connectivity index (χ3v) is 3.00. The molecule has 2 heteroatoms. The Bertz CT molecular complexity index is 172. The Labute approximate surface area is 69.6 Å². The summed E-state index contributed by atoms with van der Waals surface area (Å²) in [6.07, 6.45) is 8.49. The molecule has 10 heavy (non-hydrogen) atoms. The van der Waals surface area contributed by atoms with Crippen molar-refractivity contribution in [3.05, 3.63) is 24.3 Å². The zero-order valence-electron chi connectivity index (χ0n) is 5.92. The fraction of sp³-hybridized carbons (Fsp3) is 0.500. The Morgan fingerprint density at radius 3 is 2.60 bits per heavy atom. The molecule has 0 heterocycles. The van der Waals surface area contributed by atoms with Crippen LogP contribution in [-0.2, 0) is 0 Å². The SMILES string of the molecule is CC(O)C1(Br)C=CC=CC1. The molecule has 0 saturated carbocycles.